The van der Waals surface area contributed by atoms with E-state index in [1.54, 1.807) is 10.9 Å². The fourth-order valence-electron chi connectivity index (χ4n) is 1.89. The topological polar surface area (TPSA) is 47.3 Å². The molecule has 1 heterocycles. The number of para-hydroxylation sites is 1. The molecule has 0 aliphatic heterocycles. The molecule has 0 aliphatic carbocycles. The molecule has 2 rings (SSSR count). The number of hydrogen-bond donors (Lipinski definition) is 1. The van der Waals surface area contributed by atoms with Gasteiger partial charge in [0.25, 0.3) is 0 Å². The quantitative estimate of drug-likeness (QED) is 0.880. The highest BCUT2D eigenvalue weighted by Crippen LogP contribution is 2.26. The number of rotatable bonds is 5. The lowest BCUT2D eigenvalue weighted by Crippen LogP contribution is -2.12. The van der Waals surface area contributed by atoms with E-state index in [9.17, 15) is 5.11 Å². The minimum atomic E-state index is -0.619. The van der Waals surface area contributed by atoms with Crippen LogP contribution in [0.1, 0.15) is 24.3 Å². The van der Waals surface area contributed by atoms with E-state index in [2.05, 4.69) is 5.10 Å². The molecule has 0 aliphatic rings. The minimum absolute atomic E-state index is 0.433. The van der Waals surface area contributed by atoms with Crippen molar-refractivity contribution in [2.75, 3.05) is 6.61 Å². The van der Waals surface area contributed by atoms with Crippen molar-refractivity contribution in [1.82, 2.24) is 9.78 Å². The number of benzene rings is 1. The molecule has 0 saturated carbocycles. The van der Waals surface area contributed by atoms with Gasteiger partial charge in [-0.05, 0) is 26.0 Å². The van der Waals surface area contributed by atoms with Crippen LogP contribution in [0.15, 0.2) is 36.5 Å². The molecule has 4 nitrogen and oxygen atoms in total. The zero-order valence-electron chi connectivity index (χ0n) is 10.7. The molecule has 0 saturated heterocycles. The first-order valence-electron chi connectivity index (χ1n) is 6.10. The van der Waals surface area contributed by atoms with Gasteiger partial charge in [-0.15, -0.1) is 0 Å². The van der Waals surface area contributed by atoms with E-state index in [0.717, 1.165) is 17.0 Å². The van der Waals surface area contributed by atoms with Crippen LogP contribution >= 0.6 is 0 Å². The molecule has 96 valence electrons. The summed E-state index contributed by atoms with van der Waals surface area (Å²) in [6.07, 6.45) is 1.11. The van der Waals surface area contributed by atoms with Gasteiger partial charge in [-0.3, -0.25) is 4.68 Å². The van der Waals surface area contributed by atoms with Gasteiger partial charge in [0.1, 0.15) is 11.9 Å². The standard InChI is InChI=1S/C14H18N2O2/c1-3-18-14-7-5-4-6-12(14)13(17)10-16-11(2)8-9-15-16/h4-9,13,17H,3,10H2,1-2H3. The summed E-state index contributed by atoms with van der Waals surface area (Å²) in [5, 5.41) is 14.5. The van der Waals surface area contributed by atoms with Crippen molar-refractivity contribution < 1.29 is 9.84 Å². The van der Waals surface area contributed by atoms with Gasteiger partial charge in [-0.25, -0.2) is 0 Å². The molecule has 1 unspecified atom stereocenters. The van der Waals surface area contributed by atoms with Gasteiger partial charge in [-0.2, -0.15) is 5.10 Å². The molecule has 2 aromatic rings. The molecule has 1 atom stereocenters. The minimum Gasteiger partial charge on any atom is -0.493 e. The smallest absolute Gasteiger partial charge is 0.125 e. The van der Waals surface area contributed by atoms with E-state index in [1.165, 1.54) is 0 Å². The van der Waals surface area contributed by atoms with Gasteiger partial charge >= 0.3 is 0 Å². The Bertz CT molecular complexity index is 508. The number of ether oxygens (including phenoxy) is 1. The first kappa shape index (κ1) is 12.6. The van der Waals surface area contributed by atoms with E-state index < -0.39 is 6.10 Å². The van der Waals surface area contributed by atoms with E-state index in [-0.39, 0.29) is 0 Å². The van der Waals surface area contributed by atoms with Crippen LogP contribution in [0.4, 0.5) is 0 Å². The maximum Gasteiger partial charge on any atom is 0.125 e. The summed E-state index contributed by atoms with van der Waals surface area (Å²) < 4.78 is 7.30. The van der Waals surface area contributed by atoms with Gasteiger partial charge < -0.3 is 9.84 Å². The summed E-state index contributed by atoms with van der Waals surface area (Å²) in [4.78, 5) is 0. The average Bonchev–Trinajstić information content (AvgIpc) is 2.76. The van der Waals surface area contributed by atoms with Gasteiger partial charge in [0.2, 0.25) is 0 Å². The lowest BCUT2D eigenvalue weighted by Gasteiger charge is -2.16. The van der Waals surface area contributed by atoms with Crippen molar-refractivity contribution in [2.24, 2.45) is 0 Å². The Balaban J connectivity index is 2.18. The molecule has 1 N–H and O–H groups in total. The highest BCUT2D eigenvalue weighted by atomic mass is 16.5. The van der Waals surface area contributed by atoms with Crippen molar-refractivity contribution >= 4 is 0 Å². The number of hydrogen-bond acceptors (Lipinski definition) is 3. The molecule has 4 heteroatoms. The Morgan fingerprint density at radius 1 is 1.33 bits per heavy atom. The lowest BCUT2D eigenvalue weighted by molar-refractivity contribution is 0.145. The fraction of sp³-hybridized carbons (Fsp3) is 0.357. The predicted molar refractivity (Wildman–Crippen MR) is 69.5 cm³/mol. The third-order valence-corrected chi connectivity index (χ3v) is 2.85. The van der Waals surface area contributed by atoms with Crippen LogP contribution in [0.25, 0.3) is 0 Å². The van der Waals surface area contributed by atoms with Crippen LogP contribution in [0, 0.1) is 6.92 Å². The third-order valence-electron chi connectivity index (χ3n) is 2.85. The van der Waals surface area contributed by atoms with Crippen molar-refractivity contribution in [3.63, 3.8) is 0 Å². The van der Waals surface area contributed by atoms with Gasteiger partial charge in [0.05, 0.1) is 13.2 Å². The van der Waals surface area contributed by atoms with Crippen LogP contribution in [-0.2, 0) is 6.54 Å². The Hall–Kier alpha value is -1.81. The monoisotopic (exact) mass is 246 g/mol. The maximum atomic E-state index is 10.3. The van der Waals surface area contributed by atoms with Crippen molar-refractivity contribution in [1.29, 1.82) is 0 Å². The normalized spacial score (nSPS) is 12.4. The summed E-state index contributed by atoms with van der Waals surface area (Å²) in [7, 11) is 0. The Kier molecular flexibility index (Phi) is 3.99. The average molecular weight is 246 g/mol. The SMILES string of the molecule is CCOc1ccccc1C(O)Cn1nccc1C. The first-order valence-corrected chi connectivity index (χ1v) is 6.10. The van der Waals surface area contributed by atoms with E-state index in [1.807, 2.05) is 44.2 Å². The van der Waals surface area contributed by atoms with Crippen molar-refractivity contribution in [3.8, 4) is 5.75 Å². The van der Waals surface area contributed by atoms with Crippen molar-refractivity contribution in [3.05, 3.63) is 47.8 Å². The van der Waals surface area contributed by atoms with Gasteiger partial charge in [0, 0.05) is 17.5 Å². The number of aliphatic hydroxyl groups excluding tert-OH is 1. The third kappa shape index (κ3) is 2.71. The first-order chi connectivity index (χ1) is 8.72. The zero-order valence-corrected chi connectivity index (χ0v) is 10.7. The summed E-state index contributed by atoms with van der Waals surface area (Å²) in [5.74, 6) is 0.734. The molecule has 0 fully saturated rings. The van der Waals surface area contributed by atoms with Gasteiger partial charge in [0.15, 0.2) is 0 Å². The fourth-order valence-corrected chi connectivity index (χ4v) is 1.89. The highest BCUT2D eigenvalue weighted by Gasteiger charge is 2.14. The summed E-state index contributed by atoms with van der Waals surface area (Å²) in [5.41, 5.74) is 1.83. The van der Waals surface area contributed by atoms with Crippen LogP contribution in [0.5, 0.6) is 5.75 Å². The molecule has 0 amide bonds. The molecule has 18 heavy (non-hydrogen) atoms. The molecular weight excluding hydrogens is 228 g/mol. The number of aryl methyl sites for hydroxylation is 1. The molecule has 1 aromatic heterocycles. The molecular formula is C14H18N2O2. The van der Waals surface area contributed by atoms with Crippen molar-refractivity contribution in [2.45, 2.75) is 26.5 Å². The second-order valence-electron chi connectivity index (χ2n) is 4.14. The lowest BCUT2D eigenvalue weighted by atomic mass is 10.1. The number of aliphatic hydroxyl groups is 1. The van der Waals surface area contributed by atoms with Crippen LogP contribution < -0.4 is 4.74 Å². The second-order valence-corrected chi connectivity index (χ2v) is 4.14. The van der Waals surface area contributed by atoms with E-state index in [4.69, 9.17) is 4.74 Å². The summed E-state index contributed by atoms with van der Waals surface area (Å²) in [6.45, 7) is 4.92. The molecule has 1 aromatic carbocycles. The summed E-state index contributed by atoms with van der Waals surface area (Å²) in [6, 6.07) is 9.48. The number of nitrogens with zero attached hydrogens (tertiary/aromatic N) is 2. The predicted octanol–water partition coefficient (Wildman–Crippen LogP) is 2.32. The Morgan fingerprint density at radius 3 is 2.78 bits per heavy atom. The van der Waals surface area contributed by atoms with Crippen LogP contribution in [0.3, 0.4) is 0 Å². The van der Waals surface area contributed by atoms with Crippen LogP contribution in [0.2, 0.25) is 0 Å². The summed E-state index contributed by atoms with van der Waals surface area (Å²) >= 11 is 0. The van der Waals surface area contributed by atoms with Crippen LogP contribution in [-0.4, -0.2) is 21.5 Å². The van der Waals surface area contributed by atoms with E-state index >= 15 is 0 Å². The second kappa shape index (κ2) is 5.69. The maximum absolute atomic E-state index is 10.3. The Morgan fingerprint density at radius 2 is 2.11 bits per heavy atom. The molecule has 0 bridgehead atoms. The van der Waals surface area contributed by atoms with Gasteiger partial charge in [-0.1, -0.05) is 18.2 Å². The molecule has 0 radical (unpaired) electrons. The highest BCUT2D eigenvalue weighted by molar-refractivity contribution is 5.35. The molecule has 0 spiro atoms. The zero-order chi connectivity index (χ0) is 13.0. The number of aromatic nitrogens is 2. The largest absolute Gasteiger partial charge is 0.493 e. The Labute approximate surface area is 107 Å². The van der Waals surface area contributed by atoms with E-state index in [0.29, 0.717) is 13.2 Å².